The van der Waals surface area contributed by atoms with Crippen LogP contribution in [0.15, 0.2) is 48.8 Å². The number of pyridine rings is 2. The average Bonchev–Trinajstić information content (AvgIpc) is 3.30. The van der Waals surface area contributed by atoms with E-state index in [1.807, 2.05) is 24.4 Å². The summed E-state index contributed by atoms with van der Waals surface area (Å²) < 4.78 is 19.7. The Labute approximate surface area is 225 Å². The number of likely N-dealkylation sites (tertiary alicyclic amines) is 1. The van der Waals surface area contributed by atoms with Gasteiger partial charge in [-0.25, -0.2) is 4.98 Å². The SMILES string of the molecule is [2H]c1ccc2c(N3C[C@H](CN4CC(c5ccc(N6C[C@@H](N)[C@H](OC)C6)nc5)C4)O[C@H](C)C3)ccc(C#N)c2n1. The molecule has 0 aliphatic carbocycles. The predicted octanol–water partition coefficient (Wildman–Crippen LogP) is 2.36. The standard InChI is InChI=1S/C29H35N7O2/c1-19-12-35(26-7-5-20(10-30)29-24(26)4-3-9-32-29)16-23(38-19)15-34-13-22(14-34)21-6-8-28(33-11-21)36-17-25(31)27(18-36)37-2/h3-9,11,19,22-23,25,27H,12-18,31H2,1-2H3/t19-,23+,25-,27-/m1/s1/i9D. The largest absolute Gasteiger partial charge is 0.378 e. The number of benzene rings is 1. The first-order valence-electron chi connectivity index (χ1n) is 13.8. The third-order valence-electron chi connectivity index (χ3n) is 8.08. The summed E-state index contributed by atoms with van der Waals surface area (Å²) in [4.78, 5) is 16.1. The van der Waals surface area contributed by atoms with Gasteiger partial charge in [-0.3, -0.25) is 9.88 Å². The molecule has 3 aliphatic heterocycles. The van der Waals surface area contributed by atoms with E-state index >= 15 is 0 Å². The highest BCUT2D eigenvalue weighted by Crippen LogP contribution is 2.32. The fraction of sp³-hybridized carbons (Fsp3) is 0.483. The minimum atomic E-state index is 0.0145. The molecule has 3 aromatic rings. The van der Waals surface area contributed by atoms with Gasteiger partial charge >= 0.3 is 0 Å². The Bertz CT molecular complexity index is 1370. The summed E-state index contributed by atoms with van der Waals surface area (Å²) >= 11 is 0. The molecule has 38 heavy (non-hydrogen) atoms. The van der Waals surface area contributed by atoms with Crippen molar-refractivity contribution in [1.29, 1.82) is 5.26 Å². The summed E-state index contributed by atoms with van der Waals surface area (Å²) in [6, 6.07) is 13.9. The number of aromatic nitrogens is 2. The van der Waals surface area contributed by atoms with Gasteiger partial charge in [0.25, 0.3) is 0 Å². The highest BCUT2D eigenvalue weighted by Gasteiger charge is 2.34. The van der Waals surface area contributed by atoms with Crippen LogP contribution in [0.5, 0.6) is 0 Å². The van der Waals surface area contributed by atoms with Gasteiger partial charge < -0.3 is 25.0 Å². The van der Waals surface area contributed by atoms with E-state index in [4.69, 9.17) is 21.6 Å². The molecule has 0 unspecified atom stereocenters. The fourth-order valence-corrected chi connectivity index (χ4v) is 6.09. The van der Waals surface area contributed by atoms with E-state index in [9.17, 15) is 5.26 Å². The molecule has 3 saturated heterocycles. The number of methoxy groups -OCH3 is 1. The molecular weight excluding hydrogens is 478 g/mol. The monoisotopic (exact) mass is 514 g/mol. The van der Waals surface area contributed by atoms with Crippen LogP contribution in [0.2, 0.25) is 0 Å². The maximum absolute atomic E-state index is 9.53. The number of hydrogen-bond acceptors (Lipinski definition) is 9. The van der Waals surface area contributed by atoms with E-state index in [0.29, 0.717) is 17.0 Å². The Hall–Kier alpha value is -3.29. The molecule has 3 aliphatic rings. The number of fused-ring (bicyclic) bond motifs is 1. The highest BCUT2D eigenvalue weighted by atomic mass is 16.5. The molecule has 0 saturated carbocycles. The first-order valence-corrected chi connectivity index (χ1v) is 13.3. The van der Waals surface area contributed by atoms with Gasteiger partial charge in [-0.2, -0.15) is 5.26 Å². The van der Waals surface area contributed by atoms with Crippen molar-refractivity contribution in [1.82, 2.24) is 14.9 Å². The second-order valence-corrected chi connectivity index (χ2v) is 10.8. The number of ether oxygens (including phenoxy) is 2. The van der Waals surface area contributed by atoms with E-state index in [2.05, 4.69) is 44.8 Å². The van der Waals surface area contributed by atoms with Crippen LogP contribution in [-0.4, -0.2) is 92.1 Å². The Morgan fingerprint density at radius 3 is 2.71 bits per heavy atom. The quantitative estimate of drug-likeness (QED) is 0.531. The summed E-state index contributed by atoms with van der Waals surface area (Å²) in [6.07, 6.45) is 2.40. The summed E-state index contributed by atoms with van der Waals surface area (Å²) in [6.45, 7) is 8.05. The van der Waals surface area contributed by atoms with Crippen molar-refractivity contribution in [3.05, 3.63) is 59.9 Å². The van der Waals surface area contributed by atoms with Gasteiger partial charge in [0.2, 0.25) is 0 Å². The summed E-state index contributed by atoms with van der Waals surface area (Å²) in [5.41, 5.74) is 9.58. The number of hydrogen-bond donors (Lipinski definition) is 1. The van der Waals surface area contributed by atoms with Gasteiger partial charge in [0, 0.05) is 82.3 Å². The number of nitrogens with two attached hydrogens (primary N) is 1. The molecule has 198 valence electrons. The van der Waals surface area contributed by atoms with Gasteiger partial charge in [-0.15, -0.1) is 0 Å². The Morgan fingerprint density at radius 1 is 1.11 bits per heavy atom. The van der Waals surface area contributed by atoms with Crippen molar-refractivity contribution in [3.63, 3.8) is 0 Å². The maximum Gasteiger partial charge on any atom is 0.128 e. The zero-order chi connectivity index (χ0) is 27.1. The van der Waals surface area contributed by atoms with Crippen molar-refractivity contribution in [2.24, 2.45) is 5.73 Å². The Morgan fingerprint density at radius 2 is 1.97 bits per heavy atom. The van der Waals surface area contributed by atoms with Gasteiger partial charge in [-0.1, -0.05) is 6.07 Å². The third-order valence-corrected chi connectivity index (χ3v) is 8.08. The van der Waals surface area contributed by atoms with Gasteiger partial charge in [0.05, 0.1) is 36.8 Å². The topological polar surface area (TPSA) is 104 Å². The van der Waals surface area contributed by atoms with Gasteiger partial charge in [0.15, 0.2) is 0 Å². The van der Waals surface area contributed by atoms with Crippen LogP contribution in [0.25, 0.3) is 10.9 Å². The summed E-state index contributed by atoms with van der Waals surface area (Å²) in [5, 5.41) is 10.4. The zero-order valence-corrected chi connectivity index (χ0v) is 22.0. The van der Waals surface area contributed by atoms with Crippen molar-refractivity contribution in [2.75, 3.05) is 62.7 Å². The molecule has 0 amide bonds. The molecule has 0 radical (unpaired) electrons. The van der Waals surface area contributed by atoms with E-state index < -0.39 is 0 Å². The second kappa shape index (κ2) is 10.5. The minimum absolute atomic E-state index is 0.0145. The van der Waals surface area contributed by atoms with Crippen molar-refractivity contribution in [2.45, 2.75) is 37.2 Å². The van der Waals surface area contributed by atoms with E-state index in [-0.39, 0.29) is 30.5 Å². The fourth-order valence-electron chi connectivity index (χ4n) is 6.09. The number of morpholine rings is 1. The molecule has 0 bridgehead atoms. The number of rotatable bonds is 6. The van der Waals surface area contributed by atoms with Crippen LogP contribution >= 0.6 is 0 Å². The molecule has 0 spiro atoms. The lowest BCUT2D eigenvalue weighted by Crippen LogP contribution is -2.55. The maximum atomic E-state index is 9.53. The lowest BCUT2D eigenvalue weighted by molar-refractivity contribution is -0.0435. The van der Waals surface area contributed by atoms with E-state index in [1.54, 1.807) is 13.2 Å². The minimum Gasteiger partial charge on any atom is -0.378 e. The average molecular weight is 515 g/mol. The first kappa shape index (κ1) is 23.8. The molecule has 3 fully saturated rings. The molecule has 4 atom stereocenters. The van der Waals surface area contributed by atoms with E-state index in [0.717, 1.165) is 62.7 Å². The number of nitrogens with zero attached hydrogens (tertiary/aromatic N) is 6. The van der Waals surface area contributed by atoms with Crippen LogP contribution in [0, 0.1) is 11.3 Å². The van der Waals surface area contributed by atoms with Crippen LogP contribution in [-0.2, 0) is 9.47 Å². The molecule has 6 rings (SSSR count). The molecule has 2 aromatic heterocycles. The van der Waals surface area contributed by atoms with Crippen LogP contribution in [0.3, 0.4) is 0 Å². The normalized spacial score (nSPS) is 26.8. The van der Waals surface area contributed by atoms with Crippen LogP contribution in [0.1, 0.15) is 25.3 Å². The highest BCUT2D eigenvalue weighted by molar-refractivity contribution is 5.95. The van der Waals surface area contributed by atoms with Crippen molar-refractivity contribution < 1.29 is 10.8 Å². The number of nitriles is 1. The lowest BCUT2D eigenvalue weighted by atomic mass is 9.92. The van der Waals surface area contributed by atoms with Crippen molar-refractivity contribution >= 4 is 22.4 Å². The number of anilines is 2. The molecule has 5 heterocycles. The summed E-state index contributed by atoms with van der Waals surface area (Å²) in [5.74, 6) is 1.43. The molecule has 9 nitrogen and oxygen atoms in total. The molecule has 1 aromatic carbocycles. The molecule has 2 N–H and O–H groups in total. The second-order valence-electron chi connectivity index (χ2n) is 10.8. The van der Waals surface area contributed by atoms with Crippen LogP contribution in [0.4, 0.5) is 11.5 Å². The lowest BCUT2D eigenvalue weighted by Gasteiger charge is -2.45. The smallest absolute Gasteiger partial charge is 0.128 e. The van der Waals surface area contributed by atoms with Crippen LogP contribution < -0.4 is 15.5 Å². The van der Waals surface area contributed by atoms with Crippen molar-refractivity contribution in [3.8, 4) is 6.07 Å². The van der Waals surface area contributed by atoms with E-state index in [1.165, 1.54) is 5.56 Å². The first-order chi connectivity index (χ1) is 18.9. The zero-order valence-electron chi connectivity index (χ0n) is 23.0. The van der Waals surface area contributed by atoms with Gasteiger partial charge in [0.1, 0.15) is 11.9 Å². The van der Waals surface area contributed by atoms with Gasteiger partial charge in [-0.05, 0) is 42.8 Å². The Balaban J connectivity index is 1.07. The summed E-state index contributed by atoms with van der Waals surface area (Å²) in [7, 11) is 1.71. The third kappa shape index (κ3) is 4.81. The molecule has 9 heteroatoms. The predicted molar refractivity (Wildman–Crippen MR) is 147 cm³/mol. The molecular formula is C29H35N7O2. The Kier molecular flexibility index (Phi) is 6.55.